The lowest BCUT2D eigenvalue weighted by Crippen LogP contribution is -2.63. The van der Waals surface area contributed by atoms with Crippen LogP contribution in [0, 0.1) is 23.7 Å². The molecule has 1 rings (SSSR count). The molecule has 234 valence electrons. The van der Waals surface area contributed by atoms with Gasteiger partial charge in [0, 0.05) is 0 Å². The number of carbonyl (C=O) groups is 3. The first-order chi connectivity index (χ1) is 18.5. The molecule has 1 aliphatic carbocycles. The third-order valence-electron chi connectivity index (χ3n) is 8.30. The molecule has 1 saturated carbocycles. The number of imide groups is 1. The Kier molecular flexibility index (Phi) is 15.1. The van der Waals surface area contributed by atoms with Crippen molar-refractivity contribution in [3.8, 4) is 0 Å². The minimum absolute atomic E-state index is 0.101. The van der Waals surface area contributed by atoms with E-state index in [-0.39, 0.29) is 23.7 Å². The van der Waals surface area contributed by atoms with E-state index >= 15 is 0 Å². The molecule has 9 nitrogen and oxygen atoms in total. The number of nitrogens with zero attached hydrogens (tertiary/aromatic N) is 1. The van der Waals surface area contributed by atoms with E-state index < -0.39 is 53.8 Å². The largest absolute Gasteiger partial charge is 0.444 e. The van der Waals surface area contributed by atoms with Gasteiger partial charge in [0.2, 0.25) is 5.91 Å². The fraction of sp³-hybridized carbons (Fsp3) is 0.903. The maximum atomic E-state index is 14.4. The molecule has 1 fully saturated rings. The van der Waals surface area contributed by atoms with Crippen LogP contribution in [0.2, 0.25) is 0 Å². The molecule has 1 aliphatic rings. The summed E-state index contributed by atoms with van der Waals surface area (Å²) < 4.78 is 5.45. The van der Waals surface area contributed by atoms with Gasteiger partial charge in [-0.1, -0.05) is 86.5 Å². The quantitative estimate of drug-likeness (QED) is 0.236. The molecule has 0 aliphatic heterocycles. The fourth-order valence-electron chi connectivity index (χ4n) is 5.40. The maximum Gasteiger partial charge on any atom is 0.408 e. The van der Waals surface area contributed by atoms with Gasteiger partial charge in [-0.25, -0.2) is 4.79 Å². The summed E-state index contributed by atoms with van der Waals surface area (Å²) in [6, 6.07) is -3.02. The Morgan fingerprint density at radius 1 is 0.950 bits per heavy atom. The number of ether oxygens (including phenoxy) is 1. The van der Waals surface area contributed by atoms with Crippen LogP contribution >= 0.6 is 0 Å². The van der Waals surface area contributed by atoms with Gasteiger partial charge >= 0.3 is 6.09 Å². The predicted molar refractivity (Wildman–Crippen MR) is 158 cm³/mol. The number of nitrogens with one attached hydrogen (secondary N) is 1. The van der Waals surface area contributed by atoms with Crippen LogP contribution in [-0.2, 0) is 14.3 Å². The average molecular weight is 570 g/mol. The third kappa shape index (κ3) is 11.3. The van der Waals surface area contributed by atoms with E-state index in [4.69, 9.17) is 10.5 Å². The highest BCUT2D eigenvalue weighted by Crippen LogP contribution is 2.32. The third-order valence-corrected chi connectivity index (χ3v) is 8.30. The van der Waals surface area contributed by atoms with E-state index in [0.29, 0.717) is 25.7 Å². The molecule has 0 saturated heterocycles. The molecular weight excluding hydrogens is 510 g/mol. The summed E-state index contributed by atoms with van der Waals surface area (Å²) in [5, 5.41) is 25.3. The number of aliphatic hydroxyl groups excluding tert-OH is 2. The molecular formula is C31H59N3O6. The Bertz CT molecular complexity index is 792. The second-order valence-electron chi connectivity index (χ2n) is 13.5. The molecule has 0 radical (unpaired) electrons. The van der Waals surface area contributed by atoms with Crippen LogP contribution in [0.1, 0.15) is 120 Å². The first-order valence-corrected chi connectivity index (χ1v) is 15.5. The molecule has 0 heterocycles. The highest BCUT2D eigenvalue weighted by molar-refractivity contribution is 6.01. The van der Waals surface area contributed by atoms with Crippen LogP contribution < -0.4 is 11.1 Å². The monoisotopic (exact) mass is 569 g/mol. The molecule has 0 aromatic heterocycles. The van der Waals surface area contributed by atoms with Crippen molar-refractivity contribution in [2.45, 2.75) is 156 Å². The van der Waals surface area contributed by atoms with E-state index in [1.54, 1.807) is 20.8 Å². The zero-order chi connectivity index (χ0) is 30.8. The summed E-state index contributed by atoms with van der Waals surface area (Å²) in [4.78, 5) is 42.4. The first kappa shape index (κ1) is 36.3. The van der Waals surface area contributed by atoms with Gasteiger partial charge in [0.05, 0.1) is 18.2 Å². The summed E-state index contributed by atoms with van der Waals surface area (Å²) in [6.45, 7) is 16.6. The molecule has 40 heavy (non-hydrogen) atoms. The van der Waals surface area contributed by atoms with Crippen molar-refractivity contribution < 1.29 is 29.3 Å². The number of aliphatic hydroxyl groups is 2. The molecule has 0 aromatic rings. The van der Waals surface area contributed by atoms with E-state index in [1.807, 2.05) is 41.5 Å². The second kappa shape index (κ2) is 16.7. The van der Waals surface area contributed by atoms with Gasteiger partial charge in [-0.3, -0.25) is 14.5 Å². The minimum atomic E-state index is -1.35. The maximum absolute atomic E-state index is 14.4. The van der Waals surface area contributed by atoms with Crippen LogP contribution in [0.4, 0.5) is 4.79 Å². The van der Waals surface area contributed by atoms with Crippen molar-refractivity contribution in [3.63, 3.8) is 0 Å². The van der Waals surface area contributed by atoms with Crippen LogP contribution in [0.15, 0.2) is 0 Å². The Balaban J connectivity index is 3.63. The standard InChI is InChI=1S/C31H59N3O6/c1-10-20(5)25(32)28(37)34(29(38)26(21(6)11-2)33-30(39)40-31(7,8)9)23(18-22-15-13-12-14-16-22)27(36)24(35)17-19(3)4/h19-27,35-36H,10-18,32H2,1-9H3,(H,33,39)/t20-,21-,23-,24-,25-,26-,27+/m0/s1. The number of amides is 3. The predicted octanol–water partition coefficient (Wildman–Crippen LogP) is 4.76. The van der Waals surface area contributed by atoms with Gasteiger partial charge in [-0.05, 0) is 57.3 Å². The summed E-state index contributed by atoms with van der Waals surface area (Å²) in [5.41, 5.74) is 5.66. The number of alkyl carbamates (subject to hydrolysis) is 1. The SMILES string of the molecule is CC[C@H](C)[C@H](N)C(=O)N(C(=O)[C@@H](NC(=O)OC(C)(C)C)[C@@H](C)CC)[C@@H](CC1CCCCC1)[C@@H](O)[C@@H](O)CC(C)C. The van der Waals surface area contributed by atoms with Gasteiger partial charge in [0.25, 0.3) is 5.91 Å². The molecule has 3 amide bonds. The number of nitrogens with two attached hydrogens (primary N) is 1. The number of hydrogen-bond acceptors (Lipinski definition) is 7. The number of hydrogen-bond donors (Lipinski definition) is 4. The van der Waals surface area contributed by atoms with Crippen molar-refractivity contribution in [1.29, 1.82) is 0 Å². The lowest BCUT2D eigenvalue weighted by atomic mass is 9.81. The Morgan fingerprint density at radius 2 is 1.50 bits per heavy atom. The van der Waals surface area contributed by atoms with E-state index in [0.717, 1.165) is 37.0 Å². The van der Waals surface area contributed by atoms with E-state index in [9.17, 15) is 24.6 Å². The Morgan fingerprint density at radius 3 is 1.98 bits per heavy atom. The molecule has 0 bridgehead atoms. The lowest BCUT2D eigenvalue weighted by molar-refractivity contribution is -0.158. The number of carbonyl (C=O) groups excluding carboxylic acids is 3. The molecule has 5 N–H and O–H groups in total. The zero-order valence-corrected chi connectivity index (χ0v) is 26.6. The van der Waals surface area contributed by atoms with Crippen LogP contribution in [0.3, 0.4) is 0 Å². The van der Waals surface area contributed by atoms with Gasteiger partial charge in [0.15, 0.2) is 0 Å². The van der Waals surface area contributed by atoms with Gasteiger partial charge in [-0.15, -0.1) is 0 Å². The lowest BCUT2D eigenvalue weighted by Gasteiger charge is -2.41. The summed E-state index contributed by atoms with van der Waals surface area (Å²) >= 11 is 0. The Hall–Kier alpha value is -1.71. The smallest absolute Gasteiger partial charge is 0.408 e. The first-order valence-electron chi connectivity index (χ1n) is 15.5. The van der Waals surface area contributed by atoms with E-state index in [1.165, 1.54) is 0 Å². The average Bonchev–Trinajstić information content (AvgIpc) is 2.88. The summed E-state index contributed by atoms with van der Waals surface area (Å²) in [7, 11) is 0. The van der Waals surface area contributed by atoms with Gasteiger partial charge in [0.1, 0.15) is 17.7 Å². The summed E-state index contributed by atoms with van der Waals surface area (Å²) in [5.74, 6) is -1.46. The highest BCUT2D eigenvalue weighted by atomic mass is 16.6. The summed E-state index contributed by atoms with van der Waals surface area (Å²) in [6.07, 6.45) is 3.75. The molecule has 0 unspecified atom stereocenters. The van der Waals surface area contributed by atoms with Crippen LogP contribution in [0.5, 0.6) is 0 Å². The van der Waals surface area contributed by atoms with Crippen molar-refractivity contribution in [1.82, 2.24) is 10.2 Å². The zero-order valence-electron chi connectivity index (χ0n) is 26.6. The van der Waals surface area contributed by atoms with Crippen molar-refractivity contribution in [2.24, 2.45) is 29.4 Å². The van der Waals surface area contributed by atoms with Gasteiger partial charge in [-0.2, -0.15) is 0 Å². The van der Waals surface area contributed by atoms with Gasteiger partial charge < -0.3 is 26.0 Å². The second-order valence-corrected chi connectivity index (χ2v) is 13.5. The normalized spacial score (nSPS) is 20.1. The molecule has 7 atom stereocenters. The van der Waals surface area contributed by atoms with Crippen molar-refractivity contribution >= 4 is 17.9 Å². The van der Waals surface area contributed by atoms with E-state index in [2.05, 4.69) is 5.32 Å². The van der Waals surface area contributed by atoms with Crippen LogP contribution in [-0.4, -0.2) is 69.0 Å². The number of rotatable bonds is 14. The highest BCUT2D eigenvalue weighted by Gasteiger charge is 2.45. The minimum Gasteiger partial charge on any atom is -0.444 e. The van der Waals surface area contributed by atoms with Crippen molar-refractivity contribution in [2.75, 3.05) is 0 Å². The Labute approximate surface area is 243 Å². The fourth-order valence-corrected chi connectivity index (χ4v) is 5.40. The van der Waals surface area contributed by atoms with Crippen molar-refractivity contribution in [3.05, 3.63) is 0 Å². The molecule has 0 aromatic carbocycles. The topological polar surface area (TPSA) is 142 Å². The molecule has 0 spiro atoms. The van der Waals surface area contributed by atoms with Crippen LogP contribution in [0.25, 0.3) is 0 Å². The molecule has 9 heteroatoms.